The van der Waals surface area contributed by atoms with E-state index in [0.717, 1.165) is 11.4 Å². The normalized spacial score (nSPS) is 20.7. The second kappa shape index (κ2) is 6.52. The Morgan fingerprint density at radius 3 is 2.71 bits per heavy atom. The highest BCUT2D eigenvalue weighted by atomic mass is 79.9. The molecule has 0 heterocycles. The maximum Gasteiger partial charge on any atom is 0.121 e. The van der Waals surface area contributed by atoms with Crippen LogP contribution < -0.4 is 10.1 Å². The fraction of sp³-hybridized carbons (Fsp3) is 0.333. The number of hydrogen-bond donors (Lipinski definition) is 1. The van der Waals surface area contributed by atoms with Crippen LogP contribution in [0.2, 0.25) is 0 Å². The molecule has 0 saturated heterocycles. The quantitative estimate of drug-likeness (QED) is 0.803. The van der Waals surface area contributed by atoms with Gasteiger partial charge in [-0.1, -0.05) is 40.2 Å². The molecule has 0 aromatic heterocycles. The van der Waals surface area contributed by atoms with Gasteiger partial charge in [0.1, 0.15) is 5.75 Å². The van der Waals surface area contributed by atoms with Gasteiger partial charge in [0.2, 0.25) is 0 Å². The van der Waals surface area contributed by atoms with Crippen LogP contribution in [0.1, 0.15) is 31.2 Å². The van der Waals surface area contributed by atoms with Crippen molar-refractivity contribution in [3.63, 3.8) is 0 Å². The number of benzene rings is 2. The average molecular weight is 346 g/mol. The van der Waals surface area contributed by atoms with Crippen LogP contribution in [0.5, 0.6) is 5.75 Å². The van der Waals surface area contributed by atoms with Crippen molar-refractivity contribution in [1.82, 2.24) is 0 Å². The van der Waals surface area contributed by atoms with E-state index in [9.17, 15) is 0 Å². The number of nitrogens with one attached hydrogen (secondary N) is 1. The van der Waals surface area contributed by atoms with Crippen LogP contribution in [0.15, 0.2) is 53.0 Å². The third-order valence-electron chi connectivity index (χ3n) is 4.00. The van der Waals surface area contributed by atoms with Crippen molar-refractivity contribution in [2.75, 3.05) is 11.9 Å². The van der Waals surface area contributed by atoms with E-state index in [2.05, 4.69) is 57.6 Å². The van der Waals surface area contributed by atoms with Gasteiger partial charge in [-0.05, 0) is 49.4 Å². The number of halogens is 1. The van der Waals surface area contributed by atoms with Gasteiger partial charge in [-0.2, -0.15) is 0 Å². The third-order valence-corrected chi connectivity index (χ3v) is 4.72. The molecule has 0 amide bonds. The van der Waals surface area contributed by atoms with Crippen molar-refractivity contribution >= 4 is 21.6 Å². The number of ether oxygens (including phenoxy) is 1. The van der Waals surface area contributed by atoms with Gasteiger partial charge >= 0.3 is 0 Å². The van der Waals surface area contributed by atoms with E-state index >= 15 is 0 Å². The lowest BCUT2D eigenvalue weighted by molar-refractivity contribution is 0.340. The van der Waals surface area contributed by atoms with Gasteiger partial charge < -0.3 is 10.1 Å². The first kappa shape index (κ1) is 14.5. The lowest BCUT2D eigenvalue weighted by atomic mass is 9.76. The molecule has 1 N–H and O–H groups in total. The van der Waals surface area contributed by atoms with Gasteiger partial charge in [0.25, 0.3) is 0 Å². The first-order chi connectivity index (χ1) is 10.3. The lowest BCUT2D eigenvalue weighted by Gasteiger charge is -2.37. The summed E-state index contributed by atoms with van der Waals surface area (Å²) in [5, 5.41) is 3.60. The smallest absolute Gasteiger partial charge is 0.121 e. The van der Waals surface area contributed by atoms with E-state index in [1.807, 2.05) is 19.1 Å². The summed E-state index contributed by atoms with van der Waals surface area (Å²) >= 11 is 3.65. The Labute approximate surface area is 134 Å². The number of hydrogen-bond acceptors (Lipinski definition) is 2. The van der Waals surface area contributed by atoms with Crippen molar-refractivity contribution in [2.45, 2.75) is 31.7 Å². The zero-order valence-electron chi connectivity index (χ0n) is 12.2. The molecule has 0 aliphatic heterocycles. The number of anilines is 1. The molecule has 0 atom stereocenters. The third kappa shape index (κ3) is 3.41. The summed E-state index contributed by atoms with van der Waals surface area (Å²) < 4.78 is 6.77. The molecule has 0 spiro atoms. The Morgan fingerprint density at radius 2 is 1.95 bits per heavy atom. The van der Waals surface area contributed by atoms with Gasteiger partial charge in [-0.25, -0.2) is 0 Å². The summed E-state index contributed by atoms with van der Waals surface area (Å²) in [7, 11) is 0. The Hall–Kier alpha value is -1.48. The highest BCUT2D eigenvalue weighted by Crippen LogP contribution is 2.41. The van der Waals surface area contributed by atoms with Gasteiger partial charge in [0.05, 0.1) is 6.61 Å². The second-order valence-electron chi connectivity index (χ2n) is 5.49. The summed E-state index contributed by atoms with van der Waals surface area (Å²) in [6.45, 7) is 2.71. The van der Waals surface area contributed by atoms with Crippen LogP contribution in [0.3, 0.4) is 0 Å². The summed E-state index contributed by atoms with van der Waals surface area (Å²) in [4.78, 5) is 0. The Bertz CT molecular complexity index is 608. The minimum atomic E-state index is 0.555. The summed E-state index contributed by atoms with van der Waals surface area (Å²) in [5.74, 6) is 1.59. The topological polar surface area (TPSA) is 21.3 Å². The standard InChI is InChI=1S/C18H20BrNO/c1-2-21-16-7-5-6-14(12-16)20-15-10-13(11-15)17-8-3-4-9-18(17)19/h3-9,12-13,15,20H,2,10-11H2,1H3. The van der Waals surface area contributed by atoms with Crippen molar-refractivity contribution in [3.05, 3.63) is 58.6 Å². The second-order valence-corrected chi connectivity index (χ2v) is 6.35. The van der Waals surface area contributed by atoms with Crippen molar-refractivity contribution in [1.29, 1.82) is 0 Å². The molecule has 1 aliphatic carbocycles. The van der Waals surface area contributed by atoms with Gasteiger partial charge in [0, 0.05) is 22.3 Å². The van der Waals surface area contributed by atoms with Gasteiger partial charge in [0.15, 0.2) is 0 Å². The molecule has 2 nitrogen and oxygen atoms in total. The van der Waals surface area contributed by atoms with Gasteiger partial charge in [-0.3, -0.25) is 0 Å². The average Bonchev–Trinajstić information content (AvgIpc) is 2.44. The zero-order chi connectivity index (χ0) is 14.7. The molecule has 3 heteroatoms. The summed E-state index contributed by atoms with van der Waals surface area (Å²) in [6, 6.07) is 17.3. The minimum absolute atomic E-state index is 0.555. The summed E-state index contributed by atoms with van der Waals surface area (Å²) in [6.07, 6.45) is 2.36. The SMILES string of the molecule is CCOc1cccc(NC2CC(c3ccccc3Br)C2)c1. The van der Waals surface area contributed by atoms with Gasteiger partial charge in [-0.15, -0.1) is 0 Å². The fourth-order valence-electron chi connectivity index (χ4n) is 2.87. The molecule has 1 aliphatic rings. The first-order valence-electron chi connectivity index (χ1n) is 7.50. The van der Waals surface area contributed by atoms with Crippen LogP contribution in [0.25, 0.3) is 0 Å². The molecule has 1 saturated carbocycles. The predicted octanol–water partition coefficient (Wildman–Crippen LogP) is 5.21. The van der Waals surface area contributed by atoms with E-state index in [4.69, 9.17) is 4.74 Å². The van der Waals surface area contributed by atoms with E-state index in [1.165, 1.54) is 22.9 Å². The molecule has 0 radical (unpaired) electrons. The number of rotatable bonds is 5. The first-order valence-corrected chi connectivity index (χ1v) is 8.29. The molecular weight excluding hydrogens is 326 g/mol. The monoisotopic (exact) mass is 345 g/mol. The zero-order valence-corrected chi connectivity index (χ0v) is 13.8. The molecule has 0 unspecified atom stereocenters. The molecule has 1 fully saturated rings. The Balaban J connectivity index is 1.57. The Kier molecular flexibility index (Phi) is 4.49. The van der Waals surface area contributed by atoms with E-state index in [0.29, 0.717) is 18.6 Å². The van der Waals surface area contributed by atoms with Crippen LogP contribution >= 0.6 is 15.9 Å². The Morgan fingerprint density at radius 1 is 1.14 bits per heavy atom. The largest absolute Gasteiger partial charge is 0.494 e. The maximum absolute atomic E-state index is 5.54. The van der Waals surface area contributed by atoms with Crippen molar-refractivity contribution < 1.29 is 4.74 Å². The van der Waals surface area contributed by atoms with Crippen molar-refractivity contribution in [3.8, 4) is 5.75 Å². The molecule has 2 aromatic carbocycles. The molecule has 2 aromatic rings. The highest BCUT2D eigenvalue weighted by molar-refractivity contribution is 9.10. The van der Waals surface area contributed by atoms with Crippen LogP contribution in [-0.2, 0) is 0 Å². The maximum atomic E-state index is 5.54. The minimum Gasteiger partial charge on any atom is -0.494 e. The molecular formula is C18H20BrNO. The molecule has 3 rings (SSSR count). The highest BCUT2D eigenvalue weighted by Gasteiger charge is 2.31. The lowest BCUT2D eigenvalue weighted by Crippen LogP contribution is -2.34. The van der Waals surface area contributed by atoms with Crippen LogP contribution in [-0.4, -0.2) is 12.6 Å². The van der Waals surface area contributed by atoms with E-state index in [-0.39, 0.29) is 0 Å². The predicted molar refractivity (Wildman–Crippen MR) is 91.1 cm³/mol. The fourth-order valence-corrected chi connectivity index (χ4v) is 3.48. The molecule has 110 valence electrons. The van der Waals surface area contributed by atoms with Crippen LogP contribution in [0, 0.1) is 0 Å². The van der Waals surface area contributed by atoms with E-state index in [1.54, 1.807) is 0 Å². The molecule has 21 heavy (non-hydrogen) atoms. The molecule has 0 bridgehead atoms. The van der Waals surface area contributed by atoms with E-state index < -0.39 is 0 Å². The van der Waals surface area contributed by atoms with Crippen molar-refractivity contribution in [2.24, 2.45) is 0 Å². The van der Waals surface area contributed by atoms with Crippen LogP contribution in [0.4, 0.5) is 5.69 Å². The summed E-state index contributed by atoms with van der Waals surface area (Å²) in [5.41, 5.74) is 2.58.